The summed E-state index contributed by atoms with van der Waals surface area (Å²) in [6, 6.07) is 5.56. The number of carbonyl (C=O) groups is 1. The molecule has 1 aliphatic rings. The molecule has 1 aliphatic heterocycles. The maximum Gasteiger partial charge on any atom is 0.254 e. The number of aromatic amines is 1. The van der Waals surface area contributed by atoms with Crippen LogP contribution < -0.4 is 0 Å². The Morgan fingerprint density at radius 1 is 1.33 bits per heavy atom. The summed E-state index contributed by atoms with van der Waals surface area (Å²) >= 11 is 0. The van der Waals surface area contributed by atoms with Crippen LogP contribution in [-0.2, 0) is 4.74 Å². The third-order valence-electron chi connectivity index (χ3n) is 3.18. The molecule has 5 heteroatoms. The van der Waals surface area contributed by atoms with Crippen molar-refractivity contribution in [3.63, 3.8) is 0 Å². The van der Waals surface area contributed by atoms with Crippen molar-refractivity contribution in [1.29, 1.82) is 0 Å². The summed E-state index contributed by atoms with van der Waals surface area (Å²) in [6.07, 6.45) is 2.54. The van der Waals surface area contributed by atoms with E-state index in [1.807, 2.05) is 23.1 Å². The van der Waals surface area contributed by atoms with Gasteiger partial charge in [-0.3, -0.25) is 4.79 Å². The third kappa shape index (κ3) is 2.09. The zero-order valence-electron chi connectivity index (χ0n) is 10.1. The first kappa shape index (κ1) is 11.2. The Balaban J connectivity index is 1.85. The highest BCUT2D eigenvalue weighted by Crippen LogP contribution is 2.14. The molecule has 5 nitrogen and oxygen atoms in total. The average molecular weight is 245 g/mol. The van der Waals surface area contributed by atoms with Crippen molar-refractivity contribution in [3.8, 4) is 0 Å². The number of fused-ring (bicyclic) bond motifs is 1. The molecule has 18 heavy (non-hydrogen) atoms. The van der Waals surface area contributed by atoms with Crippen molar-refractivity contribution < 1.29 is 9.53 Å². The third-order valence-corrected chi connectivity index (χ3v) is 3.18. The Bertz CT molecular complexity index is 556. The zero-order chi connectivity index (χ0) is 12.4. The van der Waals surface area contributed by atoms with Gasteiger partial charge in [0.05, 0.1) is 24.0 Å². The number of rotatable bonds is 1. The van der Waals surface area contributed by atoms with E-state index in [0.717, 1.165) is 30.6 Å². The number of nitrogens with zero attached hydrogens (tertiary/aromatic N) is 2. The number of hydrogen-bond acceptors (Lipinski definition) is 3. The molecule has 94 valence electrons. The lowest BCUT2D eigenvalue weighted by Crippen LogP contribution is -2.33. The van der Waals surface area contributed by atoms with Gasteiger partial charge in [0.2, 0.25) is 0 Å². The molecular formula is C13H15N3O2. The van der Waals surface area contributed by atoms with Crippen LogP contribution in [0.4, 0.5) is 0 Å². The molecule has 0 atom stereocenters. The second kappa shape index (κ2) is 4.78. The van der Waals surface area contributed by atoms with E-state index in [2.05, 4.69) is 9.97 Å². The minimum absolute atomic E-state index is 0.0667. The summed E-state index contributed by atoms with van der Waals surface area (Å²) < 4.78 is 5.36. The Labute approximate surface area is 105 Å². The van der Waals surface area contributed by atoms with Gasteiger partial charge in [0.15, 0.2) is 0 Å². The van der Waals surface area contributed by atoms with E-state index >= 15 is 0 Å². The second-order valence-electron chi connectivity index (χ2n) is 4.39. The molecule has 1 amide bonds. The van der Waals surface area contributed by atoms with Gasteiger partial charge < -0.3 is 14.6 Å². The molecule has 1 fully saturated rings. The lowest BCUT2D eigenvalue weighted by Gasteiger charge is -2.19. The number of imidazole rings is 1. The highest BCUT2D eigenvalue weighted by molar-refractivity contribution is 5.97. The van der Waals surface area contributed by atoms with Gasteiger partial charge in [0.25, 0.3) is 5.91 Å². The van der Waals surface area contributed by atoms with Gasteiger partial charge in [0.1, 0.15) is 0 Å². The standard InChI is InChI=1S/C13H15N3O2/c17-13(16-4-1-6-18-7-5-16)10-2-3-11-12(8-10)15-9-14-11/h2-3,8-9H,1,4-7H2,(H,14,15). The van der Waals surface area contributed by atoms with E-state index in [4.69, 9.17) is 4.74 Å². The predicted molar refractivity (Wildman–Crippen MR) is 67.4 cm³/mol. The molecule has 1 N–H and O–H groups in total. The van der Waals surface area contributed by atoms with Crippen molar-refractivity contribution >= 4 is 16.9 Å². The number of H-pyrrole nitrogens is 1. The van der Waals surface area contributed by atoms with Crippen molar-refractivity contribution in [1.82, 2.24) is 14.9 Å². The zero-order valence-corrected chi connectivity index (χ0v) is 10.1. The highest BCUT2D eigenvalue weighted by atomic mass is 16.5. The largest absolute Gasteiger partial charge is 0.380 e. The topological polar surface area (TPSA) is 58.2 Å². The number of nitrogens with one attached hydrogen (secondary N) is 1. The summed E-state index contributed by atoms with van der Waals surface area (Å²) in [5.41, 5.74) is 2.48. The molecule has 0 saturated carbocycles. The van der Waals surface area contributed by atoms with E-state index in [1.165, 1.54) is 0 Å². The molecule has 0 unspecified atom stereocenters. The van der Waals surface area contributed by atoms with Gasteiger partial charge in [-0.2, -0.15) is 0 Å². The van der Waals surface area contributed by atoms with E-state index in [1.54, 1.807) is 6.33 Å². The number of carbonyl (C=O) groups excluding carboxylic acids is 1. The molecule has 0 spiro atoms. The van der Waals surface area contributed by atoms with Crippen LogP contribution in [0, 0.1) is 0 Å². The lowest BCUT2D eigenvalue weighted by molar-refractivity contribution is 0.0741. The van der Waals surface area contributed by atoms with Gasteiger partial charge >= 0.3 is 0 Å². The Morgan fingerprint density at radius 3 is 3.22 bits per heavy atom. The maximum atomic E-state index is 12.4. The Morgan fingerprint density at radius 2 is 2.28 bits per heavy atom. The van der Waals surface area contributed by atoms with Crippen LogP contribution in [0.1, 0.15) is 16.8 Å². The summed E-state index contributed by atoms with van der Waals surface area (Å²) in [4.78, 5) is 21.4. The first-order valence-corrected chi connectivity index (χ1v) is 6.15. The van der Waals surface area contributed by atoms with Crippen LogP contribution in [0.15, 0.2) is 24.5 Å². The van der Waals surface area contributed by atoms with Gasteiger partial charge in [-0.05, 0) is 24.6 Å². The average Bonchev–Trinajstić information content (AvgIpc) is 2.69. The van der Waals surface area contributed by atoms with Crippen LogP contribution in [0.5, 0.6) is 0 Å². The quantitative estimate of drug-likeness (QED) is 0.826. The molecule has 0 radical (unpaired) electrons. The SMILES string of the molecule is O=C(c1ccc2nc[nH]c2c1)N1CCCOCC1. The van der Waals surface area contributed by atoms with Crippen LogP contribution >= 0.6 is 0 Å². The summed E-state index contributed by atoms with van der Waals surface area (Å²) in [7, 11) is 0. The van der Waals surface area contributed by atoms with Crippen LogP contribution in [0.25, 0.3) is 11.0 Å². The van der Waals surface area contributed by atoms with Gasteiger partial charge in [-0.25, -0.2) is 4.98 Å². The fraction of sp³-hybridized carbons (Fsp3) is 0.385. The number of aromatic nitrogens is 2. The Hall–Kier alpha value is -1.88. The fourth-order valence-corrected chi connectivity index (χ4v) is 2.20. The number of hydrogen-bond donors (Lipinski definition) is 1. The van der Waals surface area contributed by atoms with E-state index in [9.17, 15) is 4.79 Å². The van der Waals surface area contributed by atoms with Crippen molar-refractivity contribution in [3.05, 3.63) is 30.1 Å². The minimum atomic E-state index is 0.0667. The van der Waals surface area contributed by atoms with Gasteiger partial charge in [0, 0.05) is 25.3 Å². The van der Waals surface area contributed by atoms with Crippen molar-refractivity contribution in [2.24, 2.45) is 0 Å². The minimum Gasteiger partial charge on any atom is -0.380 e. The normalized spacial score (nSPS) is 16.8. The second-order valence-corrected chi connectivity index (χ2v) is 4.39. The van der Waals surface area contributed by atoms with Crippen LogP contribution in [0.3, 0.4) is 0 Å². The number of amides is 1. The molecule has 1 aromatic heterocycles. The highest BCUT2D eigenvalue weighted by Gasteiger charge is 2.17. The first-order chi connectivity index (χ1) is 8.84. The summed E-state index contributed by atoms with van der Waals surface area (Å²) in [6.45, 7) is 2.79. The molecule has 1 aromatic carbocycles. The summed E-state index contributed by atoms with van der Waals surface area (Å²) in [5, 5.41) is 0. The lowest BCUT2D eigenvalue weighted by atomic mass is 10.1. The van der Waals surface area contributed by atoms with Crippen molar-refractivity contribution in [2.75, 3.05) is 26.3 Å². The Kier molecular flexibility index (Phi) is 2.98. The molecular weight excluding hydrogens is 230 g/mol. The monoisotopic (exact) mass is 245 g/mol. The van der Waals surface area contributed by atoms with Gasteiger partial charge in [-0.15, -0.1) is 0 Å². The smallest absolute Gasteiger partial charge is 0.254 e. The van der Waals surface area contributed by atoms with Crippen LogP contribution in [-0.4, -0.2) is 47.1 Å². The number of benzene rings is 1. The fourth-order valence-electron chi connectivity index (χ4n) is 2.20. The summed E-state index contributed by atoms with van der Waals surface area (Å²) in [5.74, 6) is 0.0667. The molecule has 2 aromatic rings. The molecule has 2 heterocycles. The molecule has 0 bridgehead atoms. The van der Waals surface area contributed by atoms with Crippen LogP contribution in [0.2, 0.25) is 0 Å². The molecule has 3 rings (SSSR count). The van der Waals surface area contributed by atoms with Crippen molar-refractivity contribution in [2.45, 2.75) is 6.42 Å². The van der Waals surface area contributed by atoms with E-state index in [0.29, 0.717) is 18.7 Å². The first-order valence-electron chi connectivity index (χ1n) is 6.15. The molecule has 1 saturated heterocycles. The van der Waals surface area contributed by atoms with Gasteiger partial charge in [-0.1, -0.05) is 0 Å². The maximum absolute atomic E-state index is 12.4. The van der Waals surface area contributed by atoms with E-state index in [-0.39, 0.29) is 5.91 Å². The number of ether oxygens (including phenoxy) is 1. The molecule has 0 aliphatic carbocycles. The van der Waals surface area contributed by atoms with E-state index < -0.39 is 0 Å². The predicted octanol–water partition coefficient (Wildman–Crippen LogP) is 1.43.